The van der Waals surface area contributed by atoms with Gasteiger partial charge in [-0.25, -0.2) is 8.42 Å². The van der Waals surface area contributed by atoms with Crippen molar-refractivity contribution >= 4 is 21.6 Å². The maximum Gasteiger partial charge on any atom is 0.243 e. The second-order valence-electron chi connectivity index (χ2n) is 7.37. The Morgan fingerprint density at radius 3 is 2.32 bits per heavy atom. The van der Waals surface area contributed by atoms with Crippen LogP contribution < -0.4 is 5.32 Å². The fourth-order valence-electron chi connectivity index (χ4n) is 3.62. The molecule has 1 aliphatic heterocycles. The Morgan fingerprint density at radius 2 is 1.71 bits per heavy atom. The minimum atomic E-state index is -3.45. The predicted molar refractivity (Wildman–Crippen MR) is 110 cm³/mol. The number of carbonyl (C=O) groups excluding carboxylic acids is 1. The molecule has 150 valence electrons. The number of anilines is 1. The zero-order valence-electron chi connectivity index (χ0n) is 16.7. The van der Waals surface area contributed by atoms with Gasteiger partial charge in [0.05, 0.1) is 22.7 Å². The molecule has 1 fully saturated rings. The van der Waals surface area contributed by atoms with Crippen molar-refractivity contribution in [1.82, 2.24) is 9.29 Å². The van der Waals surface area contributed by atoms with Gasteiger partial charge in [0.1, 0.15) is 0 Å². The molecule has 1 N–H and O–H groups in total. The lowest BCUT2D eigenvalue weighted by atomic mass is 10.1. The van der Waals surface area contributed by atoms with E-state index >= 15 is 0 Å². The van der Waals surface area contributed by atoms with Crippen molar-refractivity contribution in [3.05, 3.63) is 52.8 Å². The molecular weight excluding hydrogens is 374 g/mol. The smallest absolute Gasteiger partial charge is 0.243 e. The summed E-state index contributed by atoms with van der Waals surface area (Å²) in [7, 11) is -3.45. The number of pyridine rings is 1. The van der Waals surface area contributed by atoms with Crippen LogP contribution in [0, 0.1) is 20.8 Å². The number of hydrogen-bond donors (Lipinski definition) is 1. The van der Waals surface area contributed by atoms with E-state index in [0.717, 1.165) is 47.5 Å². The Morgan fingerprint density at radius 1 is 1.07 bits per heavy atom. The summed E-state index contributed by atoms with van der Waals surface area (Å²) in [6, 6.07) is 8.54. The summed E-state index contributed by atoms with van der Waals surface area (Å²) in [5, 5.41) is 2.92. The van der Waals surface area contributed by atoms with Crippen LogP contribution in [-0.4, -0.2) is 36.7 Å². The van der Waals surface area contributed by atoms with Gasteiger partial charge in [-0.2, -0.15) is 4.31 Å². The van der Waals surface area contributed by atoms with Crippen LogP contribution in [0.3, 0.4) is 0 Å². The number of piperidine rings is 1. The Balaban J connectivity index is 1.68. The van der Waals surface area contributed by atoms with Crippen LogP contribution in [0.4, 0.5) is 5.69 Å². The fourth-order valence-corrected chi connectivity index (χ4v) is 5.13. The highest BCUT2D eigenvalue weighted by Crippen LogP contribution is 2.22. The monoisotopic (exact) mass is 401 g/mol. The van der Waals surface area contributed by atoms with E-state index in [1.807, 2.05) is 26.8 Å². The van der Waals surface area contributed by atoms with Crippen molar-refractivity contribution in [3.63, 3.8) is 0 Å². The summed E-state index contributed by atoms with van der Waals surface area (Å²) >= 11 is 0. The first-order chi connectivity index (χ1) is 13.3. The van der Waals surface area contributed by atoms with Gasteiger partial charge in [0, 0.05) is 18.8 Å². The van der Waals surface area contributed by atoms with Gasteiger partial charge in [0.25, 0.3) is 0 Å². The van der Waals surface area contributed by atoms with E-state index in [-0.39, 0.29) is 17.2 Å². The molecule has 3 rings (SSSR count). The largest absolute Gasteiger partial charge is 0.324 e. The molecule has 0 radical (unpaired) electrons. The first-order valence-corrected chi connectivity index (χ1v) is 11.0. The molecule has 0 unspecified atom stereocenters. The van der Waals surface area contributed by atoms with Crippen molar-refractivity contribution in [1.29, 1.82) is 0 Å². The third kappa shape index (κ3) is 4.59. The molecule has 1 amide bonds. The molecule has 1 aliphatic rings. The number of amides is 1. The van der Waals surface area contributed by atoms with Crippen molar-refractivity contribution in [2.45, 2.75) is 51.3 Å². The summed E-state index contributed by atoms with van der Waals surface area (Å²) in [5.74, 6) is -0.150. The SMILES string of the molecule is Cc1cc(C)c(NC(=O)Cc2ccc(S(=O)(=O)N3CCCCC3)cc2)c(C)n1. The van der Waals surface area contributed by atoms with E-state index < -0.39 is 10.0 Å². The van der Waals surface area contributed by atoms with Gasteiger partial charge >= 0.3 is 0 Å². The molecule has 0 aliphatic carbocycles. The second-order valence-corrected chi connectivity index (χ2v) is 9.31. The van der Waals surface area contributed by atoms with Gasteiger partial charge in [-0.05, 0) is 62.9 Å². The van der Waals surface area contributed by atoms with Crippen LogP contribution in [0.1, 0.15) is 41.8 Å². The summed E-state index contributed by atoms with van der Waals surface area (Å²) in [6.07, 6.45) is 3.07. The van der Waals surface area contributed by atoms with Crippen LogP contribution in [0.15, 0.2) is 35.2 Å². The van der Waals surface area contributed by atoms with Crippen molar-refractivity contribution in [3.8, 4) is 0 Å². The minimum Gasteiger partial charge on any atom is -0.324 e. The van der Waals surface area contributed by atoms with Gasteiger partial charge in [-0.15, -0.1) is 0 Å². The standard InChI is InChI=1S/C21H27N3O3S/c1-15-13-16(2)22-17(3)21(15)23-20(25)14-18-7-9-19(10-8-18)28(26,27)24-11-5-4-6-12-24/h7-10,13H,4-6,11-12,14H2,1-3H3,(H,23,25). The number of aromatic nitrogens is 1. The summed E-state index contributed by atoms with van der Waals surface area (Å²) in [6.45, 7) is 6.89. The Hall–Kier alpha value is -2.25. The number of aryl methyl sites for hydroxylation is 3. The normalized spacial score (nSPS) is 15.4. The topological polar surface area (TPSA) is 79.4 Å². The molecule has 0 bridgehead atoms. The lowest BCUT2D eigenvalue weighted by Crippen LogP contribution is -2.35. The summed E-state index contributed by atoms with van der Waals surface area (Å²) in [5.41, 5.74) is 4.18. The third-order valence-electron chi connectivity index (χ3n) is 5.03. The number of nitrogens with zero attached hydrogens (tertiary/aromatic N) is 2. The van der Waals surface area contributed by atoms with Gasteiger partial charge in [0.2, 0.25) is 15.9 Å². The van der Waals surface area contributed by atoms with E-state index in [0.29, 0.717) is 13.1 Å². The molecule has 0 saturated carbocycles. The lowest BCUT2D eigenvalue weighted by Gasteiger charge is -2.25. The van der Waals surface area contributed by atoms with E-state index in [1.165, 1.54) is 0 Å². The number of benzene rings is 1. The van der Waals surface area contributed by atoms with E-state index in [2.05, 4.69) is 10.3 Å². The molecular formula is C21H27N3O3S. The molecule has 2 aromatic rings. The number of carbonyl (C=O) groups is 1. The molecule has 1 aromatic carbocycles. The molecule has 2 heterocycles. The van der Waals surface area contributed by atoms with E-state index in [1.54, 1.807) is 28.6 Å². The number of sulfonamides is 1. The average molecular weight is 402 g/mol. The van der Waals surface area contributed by atoms with Crippen molar-refractivity contribution in [2.75, 3.05) is 18.4 Å². The van der Waals surface area contributed by atoms with Crippen molar-refractivity contribution in [2.24, 2.45) is 0 Å². The second kappa shape index (κ2) is 8.41. The zero-order chi connectivity index (χ0) is 20.3. The quantitative estimate of drug-likeness (QED) is 0.833. The average Bonchev–Trinajstić information content (AvgIpc) is 2.66. The molecule has 28 heavy (non-hydrogen) atoms. The first kappa shape index (κ1) is 20.5. The lowest BCUT2D eigenvalue weighted by molar-refractivity contribution is -0.115. The van der Waals surface area contributed by atoms with Gasteiger partial charge in [-0.1, -0.05) is 18.6 Å². The number of rotatable bonds is 5. The van der Waals surface area contributed by atoms with Gasteiger partial charge in [-0.3, -0.25) is 9.78 Å². The molecule has 1 saturated heterocycles. The third-order valence-corrected chi connectivity index (χ3v) is 6.94. The highest BCUT2D eigenvalue weighted by atomic mass is 32.2. The number of hydrogen-bond acceptors (Lipinski definition) is 4. The van der Waals surface area contributed by atoms with Crippen LogP contribution in [0.5, 0.6) is 0 Å². The first-order valence-electron chi connectivity index (χ1n) is 9.61. The summed E-state index contributed by atoms with van der Waals surface area (Å²) < 4.78 is 27.0. The highest BCUT2D eigenvalue weighted by Gasteiger charge is 2.25. The summed E-state index contributed by atoms with van der Waals surface area (Å²) in [4.78, 5) is 17.1. The molecule has 7 heteroatoms. The van der Waals surface area contributed by atoms with Gasteiger partial charge in [0.15, 0.2) is 0 Å². The molecule has 1 aromatic heterocycles. The van der Waals surface area contributed by atoms with Crippen LogP contribution >= 0.6 is 0 Å². The fraction of sp³-hybridized carbons (Fsp3) is 0.429. The predicted octanol–water partition coefficient (Wildman–Crippen LogP) is 3.36. The molecule has 0 spiro atoms. The Labute approximate surface area is 167 Å². The van der Waals surface area contributed by atoms with E-state index in [9.17, 15) is 13.2 Å². The molecule has 6 nitrogen and oxygen atoms in total. The number of nitrogens with one attached hydrogen (secondary N) is 1. The maximum atomic E-state index is 12.7. The van der Waals surface area contributed by atoms with Gasteiger partial charge < -0.3 is 5.32 Å². The highest BCUT2D eigenvalue weighted by molar-refractivity contribution is 7.89. The Bertz CT molecular complexity index is 940. The van der Waals surface area contributed by atoms with Crippen molar-refractivity contribution < 1.29 is 13.2 Å². The van der Waals surface area contributed by atoms with E-state index in [4.69, 9.17) is 0 Å². The Kier molecular flexibility index (Phi) is 6.15. The van der Waals surface area contributed by atoms with Crippen LogP contribution in [0.25, 0.3) is 0 Å². The van der Waals surface area contributed by atoms with Crippen LogP contribution in [0.2, 0.25) is 0 Å². The molecule has 0 atom stereocenters. The zero-order valence-corrected chi connectivity index (χ0v) is 17.5. The maximum absolute atomic E-state index is 12.7. The minimum absolute atomic E-state index is 0.150. The van der Waals surface area contributed by atoms with Crippen LogP contribution in [-0.2, 0) is 21.2 Å².